The molecule has 1 amide bonds. The quantitative estimate of drug-likeness (QED) is 0.669. The summed E-state index contributed by atoms with van der Waals surface area (Å²) in [5.74, 6) is -0.961. The van der Waals surface area contributed by atoms with E-state index in [2.05, 4.69) is 17.6 Å². The van der Waals surface area contributed by atoms with Crippen molar-refractivity contribution < 1.29 is 14.7 Å². The first-order valence-electron chi connectivity index (χ1n) is 6.61. The minimum Gasteiger partial charge on any atom is -0.481 e. The number of rotatable bonds is 6. The third-order valence-corrected chi connectivity index (χ3v) is 3.40. The zero-order chi connectivity index (χ0) is 13.8. The second-order valence-electron chi connectivity index (χ2n) is 5.77. The van der Waals surface area contributed by atoms with Crippen molar-refractivity contribution in [1.82, 2.24) is 10.6 Å². The van der Waals surface area contributed by atoms with Crippen molar-refractivity contribution in [2.24, 2.45) is 0 Å². The number of amides is 1. The molecule has 104 valence electrons. The van der Waals surface area contributed by atoms with Gasteiger partial charge in [-0.15, -0.1) is 0 Å². The molecular formula is C13H24N2O3. The molecule has 0 saturated carbocycles. The van der Waals surface area contributed by atoms with Crippen molar-refractivity contribution >= 4 is 11.9 Å². The first-order valence-corrected chi connectivity index (χ1v) is 6.61. The molecule has 1 rings (SSSR count). The molecule has 1 aliphatic rings. The van der Waals surface area contributed by atoms with Gasteiger partial charge in [0.05, 0.1) is 12.0 Å². The van der Waals surface area contributed by atoms with E-state index in [4.69, 9.17) is 5.11 Å². The molecule has 1 heterocycles. The van der Waals surface area contributed by atoms with Gasteiger partial charge in [-0.1, -0.05) is 13.3 Å². The lowest BCUT2D eigenvalue weighted by atomic mass is 9.89. The second kappa shape index (κ2) is 5.69. The lowest BCUT2D eigenvalue weighted by Gasteiger charge is -2.33. The molecule has 0 aliphatic carbocycles. The van der Waals surface area contributed by atoms with E-state index in [9.17, 15) is 9.59 Å². The van der Waals surface area contributed by atoms with Crippen LogP contribution in [0.5, 0.6) is 0 Å². The number of carboxylic acids is 1. The lowest BCUT2D eigenvalue weighted by Crippen LogP contribution is -2.58. The summed E-state index contributed by atoms with van der Waals surface area (Å²) in [6, 6.07) is 0. The van der Waals surface area contributed by atoms with Gasteiger partial charge in [0.15, 0.2) is 0 Å². The topological polar surface area (TPSA) is 78.4 Å². The summed E-state index contributed by atoms with van der Waals surface area (Å²) in [5.41, 5.74) is -1.21. The molecule has 0 radical (unpaired) electrons. The minimum atomic E-state index is -0.899. The molecule has 3 N–H and O–H groups in total. The first kappa shape index (κ1) is 15.0. The zero-order valence-electron chi connectivity index (χ0n) is 11.5. The van der Waals surface area contributed by atoms with Gasteiger partial charge in [-0.3, -0.25) is 9.59 Å². The van der Waals surface area contributed by atoms with Gasteiger partial charge in [-0.25, -0.2) is 0 Å². The molecule has 0 aromatic heterocycles. The highest BCUT2D eigenvalue weighted by Crippen LogP contribution is 2.26. The van der Waals surface area contributed by atoms with Crippen molar-refractivity contribution in [2.75, 3.05) is 6.54 Å². The van der Waals surface area contributed by atoms with E-state index in [-0.39, 0.29) is 12.3 Å². The van der Waals surface area contributed by atoms with Gasteiger partial charge < -0.3 is 15.7 Å². The van der Waals surface area contributed by atoms with E-state index in [0.29, 0.717) is 0 Å². The Morgan fingerprint density at radius 2 is 2.11 bits per heavy atom. The molecule has 0 spiro atoms. The van der Waals surface area contributed by atoms with E-state index >= 15 is 0 Å². The van der Waals surface area contributed by atoms with Gasteiger partial charge in [0, 0.05) is 5.54 Å². The highest BCUT2D eigenvalue weighted by molar-refractivity contribution is 5.87. The number of carbonyl (C=O) groups is 2. The molecular weight excluding hydrogens is 232 g/mol. The van der Waals surface area contributed by atoms with Crippen LogP contribution < -0.4 is 10.6 Å². The largest absolute Gasteiger partial charge is 0.481 e. The fourth-order valence-electron chi connectivity index (χ4n) is 2.60. The van der Waals surface area contributed by atoms with Crippen LogP contribution in [0.4, 0.5) is 0 Å². The molecule has 1 saturated heterocycles. The number of carbonyl (C=O) groups excluding carboxylic acids is 1. The zero-order valence-corrected chi connectivity index (χ0v) is 11.5. The van der Waals surface area contributed by atoms with E-state index in [1.54, 1.807) is 13.8 Å². The molecule has 0 aromatic rings. The average molecular weight is 256 g/mol. The predicted octanol–water partition coefficient (Wildman–Crippen LogP) is 1.28. The van der Waals surface area contributed by atoms with Crippen LogP contribution in [0.2, 0.25) is 0 Å². The third kappa shape index (κ3) is 3.70. The van der Waals surface area contributed by atoms with Crippen molar-refractivity contribution in [1.29, 1.82) is 0 Å². The number of aliphatic carboxylic acids is 1. The fourth-order valence-corrected chi connectivity index (χ4v) is 2.60. The van der Waals surface area contributed by atoms with Gasteiger partial charge in [0.2, 0.25) is 5.91 Å². The molecule has 5 nitrogen and oxygen atoms in total. The lowest BCUT2D eigenvalue weighted by molar-refractivity contribution is -0.139. The van der Waals surface area contributed by atoms with Crippen molar-refractivity contribution in [3.8, 4) is 0 Å². The monoisotopic (exact) mass is 256 g/mol. The van der Waals surface area contributed by atoms with Crippen LogP contribution in [0.15, 0.2) is 0 Å². The van der Waals surface area contributed by atoms with E-state index in [1.165, 1.54) is 0 Å². The van der Waals surface area contributed by atoms with Crippen molar-refractivity contribution in [3.63, 3.8) is 0 Å². The van der Waals surface area contributed by atoms with Crippen molar-refractivity contribution in [3.05, 3.63) is 0 Å². The van der Waals surface area contributed by atoms with E-state index < -0.39 is 17.0 Å². The summed E-state index contributed by atoms with van der Waals surface area (Å²) in [7, 11) is 0. The van der Waals surface area contributed by atoms with Gasteiger partial charge in [0.1, 0.15) is 0 Å². The van der Waals surface area contributed by atoms with Crippen LogP contribution in [0, 0.1) is 0 Å². The molecule has 1 fully saturated rings. The Hall–Kier alpha value is -1.10. The summed E-state index contributed by atoms with van der Waals surface area (Å²) in [5, 5.41) is 15.0. The van der Waals surface area contributed by atoms with Crippen LogP contribution in [0.3, 0.4) is 0 Å². The smallest absolute Gasteiger partial charge is 0.305 e. The minimum absolute atomic E-state index is 0.0619. The number of hydrogen-bond donors (Lipinski definition) is 3. The Balaban J connectivity index is 2.70. The summed E-state index contributed by atoms with van der Waals surface area (Å²) in [6.07, 6.45) is 3.48. The van der Waals surface area contributed by atoms with E-state index in [0.717, 1.165) is 32.2 Å². The van der Waals surface area contributed by atoms with E-state index in [1.807, 2.05) is 0 Å². The molecule has 5 heteroatoms. The van der Waals surface area contributed by atoms with Gasteiger partial charge in [-0.05, 0) is 39.7 Å². The maximum Gasteiger partial charge on any atom is 0.305 e. The van der Waals surface area contributed by atoms with Crippen molar-refractivity contribution in [2.45, 2.75) is 64.0 Å². The molecule has 18 heavy (non-hydrogen) atoms. The Morgan fingerprint density at radius 3 is 2.56 bits per heavy atom. The molecule has 0 bridgehead atoms. The molecule has 1 unspecified atom stereocenters. The van der Waals surface area contributed by atoms with Gasteiger partial charge in [-0.2, -0.15) is 0 Å². The summed E-state index contributed by atoms with van der Waals surface area (Å²) < 4.78 is 0. The Bertz CT molecular complexity index is 320. The van der Waals surface area contributed by atoms with Crippen LogP contribution in [0.1, 0.15) is 52.9 Å². The standard InChI is InChI=1S/C13H24N2O3/c1-4-6-13(7-5-8-14-13)11(18)15-12(2,3)9-10(16)17/h14H,4-9H2,1-3H3,(H,15,18)(H,16,17). The second-order valence-corrected chi connectivity index (χ2v) is 5.77. The fraction of sp³-hybridized carbons (Fsp3) is 0.846. The van der Waals surface area contributed by atoms with Crippen LogP contribution in [0.25, 0.3) is 0 Å². The normalized spacial score (nSPS) is 23.9. The highest BCUT2D eigenvalue weighted by atomic mass is 16.4. The van der Waals surface area contributed by atoms with Gasteiger partial charge >= 0.3 is 5.97 Å². The number of nitrogens with one attached hydrogen (secondary N) is 2. The summed E-state index contributed by atoms with van der Waals surface area (Å²) in [4.78, 5) is 23.1. The molecule has 0 aromatic carbocycles. The van der Waals surface area contributed by atoms with Crippen LogP contribution in [-0.2, 0) is 9.59 Å². The maximum absolute atomic E-state index is 12.4. The number of hydrogen-bond acceptors (Lipinski definition) is 3. The third-order valence-electron chi connectivity index (χ3n) is 3.40. The van der Waals surface area contributed by atoms with Crippen LogP contribution in [-0.4, -0.2) is 34.6 Å². The Kier molecular flexibility index (Phi) is 4.73. The first-order chi connectivity index (χ1) is 8.31. The van der Waals surface area contributed by atoms with Crippen LogP contribution >= 0.6 is 0 Å². The highest BCUT2D eigenvalue weighted by Gasteiger charge is 2.41. The predicted molar refractivity (Wildman–Crippen MR) is 69.4 cm³/mol. The molecule has 1 atom stereocenters. The Labute approximate surface area is 108 Å². The Morgan fingerprint density at radius 1 is 1.44 bits per heavy atom. The maximum atomic E-state index is 12.4. The SMILES string of the molecule is CCCC1(C(=O)NC(C)(C)CC(=O)O)CCCN1. The number of carboxylic acid groups (broad SMARTS) is 1. The average Bonchev–Trinajstić information content (AvgIpc) is 2.65. The van der Waals surface area contributed by atoms with Gasteiger partial charge in [0.25, 0.3) is 0 Å². The summed E-state index contributed by atoms with van der Waals surface area (Å²) in [6.45, 7) is 6.39. The summed E-state index contributed by atoms with van der Waals surface area (Å²) >= 11 is 0. The molecule has 1 aliphatic heterocycles.